The first kappa shape index (κ1) is 15.5. The van der Waals surface area contributed by atoms with Crippen LogP contribution in [-0.4, -0.2) is 55.8 Å². The third-order valence-corrected chi connectivity index (χ3v) is 5.69. The van der Waals surface area contributed by atoms with E-state index in [1.165, 1.54) is 28.9 Å². The molecule has 2 saturated heterocycles. The molecule has 2 aliphatic heterocycles. The number of nitrogens with one attached hydrogen (secondary N) is 1. The molecule has 128 valence electrons. The van der Waals surface area contributed by atoms with Crippen molar-refractivity contribution in [3.05, 3.63) is 28.0 Å². The van der Waals surface area contributed by atoms with E-state index < -0.39 is 5.69 Å². The number of thiophene rings is 1. The molecule has 0 radical (unpaired) electrons. The summed E-state index contributed by atoms with van der Waals surface area (Å²) in [6, 6.07) is 4.26. The van der Waals surface area contributed by atoms with E-state index in [0.29, 0.717) is 11.0 Å². The minimum atomic E-state index is -0.390. The molecule has 9 heteroatoms. The van der Waals surface area contributed by atoms with E-state index in [-0.39, 0.29) is 18.5 Å². The van der Waals surface area contributed by atoms with Crippen LogP contribution >= 0.6 is 11.3 Å². The third-order valence-electron chi connectivity index (χ3n) is 4.85. The maximum atomic E-state index is 12.3. The van der Waals surface area contributed by atoms with E-state index in [9.17, 15) is 9.59 Å². The molecule has 0 aromatic carbocycles. The van der Waals surface area contributed by atoms with Crippen LogP contribution in [0.4, 0.5) is 0 Å². The molecule has 0 saturated carbocycles. The molecular formula is C15H20N6O2S. The van der Waals surface area contributed by atoms with Crippen LogP contribution in [0, 0.1) is 0 Å². The first-order valence-corrected chi connectivity index (χ1v) is 9.20. The van der Waals surface area contributed by atoms with Gasteiger partial charge < -0.3 is 5.32 Å². The van der Waals surface area contributed by atoms with Gasteiger partial charge >= 0.3 is 5.69 Å². The van der Waals surface area contributed by atoms with Gasteiger partial charge in [-0.2, -0.15) is 9.36 Å². The Labute approximate surface area is 143 Å². The predicted octanol–water partition coefficient (Wildman–Crippen LogP) is 0.234. The van der Waals surface area contributed by atoms with Crippen molar-refractivity contribution >= 4 is 17.2 Å². The van der Waals surface area contributed by atoms with E-state index in [1.54, 1.807) is 6.07 Å². The highest BCUT2D eigenvalue weighted by Gasteiger charge is 2.36. The number of rotatable bonds is 4. The molecule has 1 N–H and O–H groups in total. The average Bonchev–Trinajstić information content (AvgIpc) is 3.30. The van der Waals surface area contributed by atoms with Crippen LogP contribution < -0.4 is 11.0 Å². The average molecular weight is 348 g/mol. The lowest BCUT2D eigenvalue weighted by atomic mass is 9.99. The van der Waals surface area contributed by atoms with E-state index in [2.05, 4.69) is 20.6 Å². The number of fused-ring (bicyclic) bond motifs is 1. The van der Waals surface area contributed by atoms with Gasteiger partial charge in [-0.15, -0.1) is 11.3 Å². The molecule has 0 bridgehead atoms. The predicted molar refractivity (Wildman–Crippen MR) is 89.3 cm³/mol. The molecule has 2 aliphatic rings. The molecule has 1 amide bonds. The van der Waals surface area contributed by atoms with Crippen LogP contribution in [0.2, 0.25) is 0 Å². The second-order valence-corrected chi connectivity index (χ2v) is 7.27. The van der Waals surface area contributed by atoms with E-state index in [1.807, 2.05) is 11.4 Å². The topological polar surface area (TPSA) is 85.0 Å². The Kier molecular flexibility index (Phi) is 4.19. The fraction of sp³-hybridized carbons (Fsp3) is 0.600. The first-order chi connectivity index (χ1) is 11.7. The maximum absolute atomic E-state index is 12.3. The van der Waals surface area contributed by atoms with Gasteiger partial charge in [0.15, 0.2) is 0 Å². The highest BCUT2D eigenvalue weighted by molar-refractivity contribution is 7.12. The maximum Gasteiger partial charge on any atom is 0.369 e. The number of tetrazole rings is 1. The zero-order valence-corrected chi connectivity index (χ0v) is 14.1. The highest BCUT2D eigenvalue weighted by atomic mass is 32.1. The molecule has 8 nitrogen and oxygen atoms in total. The van der Waals surface area contributed by atoms with Gasteiger partial charge in [0.1, 0.15) is 11.5 Å². The van der Waals surface area contributed by atoms with Gasteiger partial charge in [0.25, 0.3) is 0 Å². The molecule has 0 spiro atoms. The summed E-state index contributed by atoms with van der Waals surface area (Å²) in [6.45, 7) is 2.09. The molecule has 2 atom stereocenters. The van der Waals surface area contributed by atoms with E-state index >= 15 is 0 Å². The molecule has 0 aliphatic carbocycles. The van der Waals surface area contributed by atoms with E-state index in [0.717, 1.165) is 30.6 Å². The third kappa shape index (κ3) is 2.89. The molecule has 2 aromatic heterocycles. The number of hydrogen-bond donors (Lipinski definition) is 1. The van der Waals surface area contributed by atoms with Crippen LogP contribution in [0.1, 0.15) is 25.7 Å². The SMILES string of the molecule is O=C(Cn1nnn(-c2cccs2)c1=O)N[C@H]1CCN2CCCC[C@@H]12. The largest absolute Gasteiger partial charge is 0.369 e. The fourth-order valence-corrected chi connectivity index (χ4v) is 4.37. The quantitative estimate of drug-likeness (QED) is 0.855. The fourth-order valence-electron chi connectivity index (χ4n) is 3.71. The smallest absolute Gasteiger partial charge is 0.350 e. The van der Waals surface area contributed by atoms with Crippen LogP contribution in [0.5, 0.6) is 0 Å². The van der Waals surface area contributed by atoms with Crippen molar-refractivity contribution in [2.75, 3.05) is 13.1 Å². The normalized spacial score (nSPS) is 24.0. The zero-order valence-electron chi connectivity index (χ0n) is 13.3. The van der Waals surface area contributed by atoms with Gasteiger partial charge in [-0.25, -0.2) is 4.79 Å². The van der Waals surface area contributed by atoms with Crippen LogP contribution in [0.3, 0.4) is 0 Å². The number of carbonyl (C=O) groups excluding carboxylic acids is 1. The second kappa shape index (κ2) is 6.48. The van der Waals surface area contributed by atoms with Gasteiger partial charge in [0.05, 0.1) is 0 Å². The first-order valence-electron chi connectivity index (χ1n) is 8.32. The second-order valence-electron chi connectivity index (χ2n) is 6.34. The van der Waals surface area contributed by atoms with Crippen LogP contribution in [0.15, 0.2) is 22.3 Å². The molecule has 0 unspecified atom stereocenters. The summed E-state index contributed by atoms with van der Waals surface area (Å²) < 4.78 is 2.33. The van der Waals surface area contributed by atoms with Gasteiger partial charge in [-0.1, -0.05) is 6.42 Å². The number of piperidine rings is 1. The van der Waals surface area contributed by atoms with Gasteiger partial charge in [0.2, 0.25) is 5.91 Å². The minimum Gasteiger partial charge on any atom is -0.350 e. The summed E-state index contributed by atoms with van der Waals surface area (Å²) in [4.78, 5) is 27.1. The summed E-state index contributed by atoms with van der Waals surface area (Å²) in [7, 11) is 0. The van der Waals surface area contributed by atoms with Crippen molar-refractivity contribution < 1.29 is 4.79 Å². The summed E-state index contributed by atoms with van der Waals surface area (Å²) in [5, 5.41) is 13.3. The molecule has 2 aromatic rings. The van der Waals surface area contributed by atoms with Crippen molar-refractivity contribution in [2.45, 2.75) is 44.3 Å². The summed E-state index contributed by atoms with van der Waals surface area (Å²) >= 11 is 1.40. The van der Waals surface area contributed by atoms with Crippen LogP contribution in [0.25, 0.3) is 5.00 Å². The minimum absolute atomic E-state index is 0.0899. The number of hydrogen-bond acceptors (Lipinski definition) is 6. The Balaban J connectivity index is 1.41. The van der Waals surface area contributed by atoms with Crippen molar-refractivity contribution in [1.29, 1.82) is 0 Å². The lowest BCUT2D eigenvalue weighted by Crippen LogP contribution is -2.48. The Morgan fingerprint density at radius 2 is 2.21 bits per heavy atom. The highest BCUT2D eigenvalue weighted by Crippen LogP contribution is 2.27. The lowest BCUT2D eigenvalue weighted by molar-refractivity contribution is -0.122. The van der Waals surface area contributed by atoms with E-state index in [4.69, 9.17) is 0 Å². The van der Waals surface area contributed by atoms with Crippen LogP contribution in [-0.2, 0) is 11.3 Å². The Hall–Kier alpha value is -2.00. The molecule has 2 fully saturated rings. The molecule has 4 heterocycles. The Morgan fingerprint density at radius 3 is 3.04 bits per heavy atom. The zero-order chi connectivity index (χ0) is 16.5. The standard InChI is InChI=1S/C15H20N6O2S/c22-13(16-11-6-8-19-7-2-1-4-12(11)19)10-20-15(23)21(18-17-20)14-5-3-9-24-14/h3,5,9,11-12H,1-2,4,6-8,10H2,(H,16,22)/t11-,12-/m0/s1. The van der Waals surface area contributed by atoms with Crippen molar-refractivity contribution in [3.63, 3.8) is 0 Å². The number of aromatic nitrogens is 4. The van der Waals surface area contributed by atoms with Crippen molar-refractivity contribution in [3.8, 4) is 5.00 Å². The Morgan fingerprint density at radius 1 is 1.29 bits per heavy atom. The summed E-state index contributed by atoms with van der Waals surface area (Å²) in [6.07, 6.45) is 4.59. The molecule has 4 rings (SSSR count). The molecular weight excluding hydrogens is 328 g/mol. The Bertz CT molecular complexity index is 767. The summed E-state index contributed by atoms with van der Waals surface area (Å²) in [5.41, 5.74) is -0.390. The van der Waals surface area contributed by atoms with Gasteiger partial charge in [0, 0.05) is 18.6 Å². The van der Waals surface area contributed by atoms with Gasteiger partial charge in [-0.05, 0) is 53.7 Å². The number of nitrogens with zero attached hydrogens (tertiary/aromatic N) is 5. The number of carbonyl (C=O) groups is 1. The monoisotopic (exact) mass is 348 g/mol. The number of amides is 1. The van der Waals surface area contributed by atoms with Crippen molar-refractivity contribution in [2.24, 2.45) is 0 Å². The lowest BCUT2D eigenvalue weighted by Gasteiger charge is -2.32. The van der Waals surface area contributed by atoms with Crippen molar-refractivity contribution in [1.82, 2.24) is 30.0 Å². The molecule has 24 heavy (non-hydrogen) atoms. The van der Waals surface area contributed by atoms with Gasteiger partial charge in [-0.3, -0.25) is 9.69 Å². The summed E-state index contributed by atoms with van der Waals surface area (Å²) in [5.74, 6) is -0.173.